The Kier molecular flexibility index (Phi) is 9.36. The number of imide groups is 1. The van der Waals surface area contributed by atoms with Crippen molar-refractivity contribution in [1.82, 2.24) is 25.5 Å². The van der Waals surface area contributed by atoms with Crippen LogP contribution in [-0.2, 0) is 4.79 Å². The summed E-state index contributed by atoms with van der Waals surface area (Å²) in [6.07, 6.45) is 6.23. The number of pyridine rings is 2. The topological polar surface area (TPSA) is 117 Å². The first-order valence-electron chi connectivity index (χ1n) is 20.5. The van der Waals surface area contributed by atoms with Crippen molar-refractivity contribution >= 4 is 83.7 Å². The fourth-order valence-electron chi connectivity index (χ4n) is 9.52. The molecule has 0 aliphatic carbocycles. The highest BCUT2D eigenvalue weighted by molar-refractivity contribution is 7.21. The molecule has 4 aliphatic rings. The summed E-state index contributed by atoms with van der Waals surface area (Å²) in [4.78, 5) is 59.4. The van der Waals surface area contributed by atoms with Gasteiger partial charge in [-0.1, -0.05) is 24.3 Å². The molecule has 3 aromatic carbocycles. The summed E-state index contributed by atoms with van der Waals surface area (Å²) in [5.41, 5.74) is 7.14. The van der Waals surface area contributed by atoms with Crippen LogP contribution in [0.15, 0.2) is 79.1 Å². The van der Waals surface area contributed by atoms with Gasteiger partial charge < -0.3 is 20.0 Å². The summed E-state index contributed by atoms with van der Waals surface area (Å²) in [5, 5.41) is 9.76. The van der Waals surface area contributed by atoms with E-state index in [9.17, 15) is 14.4 Å². The molecule has 7 heterocycles. The number of thiophene rings is 1. The van der Waals surface area contributed by atoms with Crippen LogP contribution in [-0.4, -0.2) is 105 Å². The quantitative estimate of drug-likeness (QED) is 0.190. The molecule has 296 valence electrons. The van der Waals surface area contributed by atoms with Crippen LogP contribution < -0.4 is 30.2 Å². The van der Waals surface area contributed by atoms with Gasteiger partial charge in [0.2, 0.25) is 5.91 Å². The van der Waals surface area contributed by atoms with Crippen molar-refractivity contribution in [3.63, 3.8) is 0 Å². The van der Waals surface area contributed by atoms with Gasteiger partial charge in [0.05, 0.1) is 28.8 Å². The van der Waals surface area contributed by atoms with E-state index < -0.39 is 6.03 Å². The van der Waals surface area contributed by atoms with Gasteiger partial charge in [-0.3, -0.25) is 29.7 Å². The number of urea groups is 1. The first-order valence-corrected chi connectivity index (χ1v) is 21.3. The van der Waals surface area contributed by atoms with E-state index in [2.05, 4.69) is 110 Å². The highest BCUT2D eigenvalue weighted by atomic mass is 32.1. The summed E-state index contributed by atoms with van der Waals surface area (Å²) in [5.74, 6) is 0.429. The zero-order valence-corrected chi connectivity index (χ0v) is 33.7. The lowest BCUT2D eigenvalue weighted by molar-refractivity contribution is -0.120. The monoisotopic (exact) mass is 793 g/mol. The molecule has 2 N–H and O–H groups in total. The third-order valence-corrected chi connectivity index (χ3v) is 13.6. The number of nitrogens with zero attached hydrogens (tertiary/aromatic N) is 7. The SMILES string of the molecule is C[C@@H]1CN(C)c2c(sc3ccc4nc(-c5cccc(N6CCC(CN7CCN(c8cccc9c(N%10CCC(=O)NC%10=O)cncc89)CC7)CC6)c5)ccc4c23)C(=O)N1. The summed E-state index contributed by atoms with van der Waals surface area (Å²) in [6.45, 7) is 10.2. The van der Waals surface area contributed by atoms with Gasteiger partial charge in [0.1, 0.15) is 4.88 Å². The lowest BCUT2D eigenvalue weighted by Gasteiger charge is -2.40. The Balaban J connectivity index is 0.777. The molecule has 0 radical (unpaired) electrons. The van der Waals surface area contributed by atoms with E-state index in [0.717, 1.165) is 130 Å². The normalized spacial score (nSPS) is 19.8. The second-order valence-electron chi connectivity index (χ2n) is 16.3. The van der Waals surface area contributed by atoms with Crippen molar-refractivity contribution in [2.24, 2.45) is 5.92 Å². The molecule has 10 rings (SSSR count). The van der Waals surface area contributed by atoms with Gasteiger partial charge >= 0.3 is 6.03 Å². The van der Waals surface area contributed by atoms with Crippen LogP contribution in [0.3, 0.4) is 0 Å². The molecule has 3 fully saturated rings. The Hall–Kier alpha value is -5.79. The number of hydrogen-bond acceptors (Lipinski definition) is 10. The van der Waals surface area contributed by atoms with Gasteiger partial charge in [-0.25, -0.2) is 9.78 Å². The van der Waals surface area contributed by atoms with E-state index in [4.69, 9.17) is 4.98 Å². The van der Waals surface area contributed by atoms with Crippen molar-refractivity contribution in [1.29, 1.82) is 0 Å². The lowest BCUT2D eigenvalue weighted by atomic mass is 9.95. The molecule has 58 heavy (non-hydrogen) atoms. The van der Waals surface area contributed by atoms with Crippen LogP contribution in [0.25, 0.3) is 43.0 Å². The fraction of sp³-hybridized carbons (Fsp3) is 0.356. The predicted octanol–water partition coefficient (Wildman–Crippen LogP) is 6.72. The van der Waals surface area contributed by atoms with Gasteiger partial charge in [0.15, 0.2) is 0 Å². The van der Waals surface area contributed by atoms with Gasteiger partial charge in [0, 0.05) is 128 Å². The van der Waals surface area contributed by atoms with Crippen LogP contribution in [0.4, 0.5) is 27.5 Å². The number of aromatic nitrogens is 2. The first kappa shape index (κ1) is 36.5. The molecule has 13 heteroatoms. The number of carbonyl (C=O) groups is 3. The molecule has 0 bridgehead atoms. The molecule has 4 aliphatic heterocycles. The molecule has 12 nitrogen and oxygen atoms in total. The molecule has 6 aromatic rings. The third kappa shape index (κ3) is 6.65. The summed E-state index contributed by atoms with van der Waals surface area (Å²) < 4.78 is 1.11. The van der Waals surface area contributed by atoms with Crippen LogP contribution in [0.5, 0.6) is 0 Å². The Morgan fingerprint density at radius 3 is 2.47 bits per heavy atom. The number of benzene rings is 3. The number of amides is 4. The van der Waals surface area contributed by atoms with Crippen LogP contribution >= 0.6 is 11.3 Å². The smallest absolute Gasteiger partial charge is 0.328 e. The van der Waals surface area contributed by atoms with Crippen LogP contribution in [0.2, 0.25) is 0 Å². The van der Waals surface area contributed by atoms with Crippen molar-refractivity contribution in [2.45, 2.75) is 32.2 Å². The molecule has 0 spiro atoms. The average molecular weight is 794 g/mol. The average Bonchev–Trinajstić information content (AvgIpc) is 3.60. The molecular weight excluding hydrogens is 747 g/mol. The highest BCUT2D eigenvalue weighted by Gasteiger charge is 2.30. The van der Waals surface area contributed by atoms with E-state index >= 15 is 0 Å². The zero-order chi connectivity index (χ0) is 39.5. The fourth-order valence-corrected chi connectivity index (χ4v) is 10.7. The van der Waals surface area contributed by atoms with E-state index in [1.54, 1.807) is 22.4 Å². The standard InChI is InChI=1S/C45H47N9O3S/c1-28-26-50(2)42-41-33-9-10-35(48-36(33)11-12-39(41)58-43(42)44(56)47-28)30-5-3-6-31(23-30)52-16-13-29(14-17-52)27-51-19-21-53(22-20-51)37-8-4-7-32-34(37)24-46-25-38(32)54-18-15-40(55)49-45(54)57/h3-12,23-25,28-29H,13-22,26-27H2,1-2H3,(H,47,56)(H,49,55,57)/t28-/m1/s1. The minimum atomic E-state index is -0.390. The number of likely N-dealkylation sites (N-methyl/N-ethyl adjacent to an activating group) is 1. The second kappa shape index (κ2) is 14.9. The number of hydrogen-bond donors (Lipinski definition) is 2. The minimum Gasteiger partial charge on any atom is -0.371 e. The van der Waals surface area contributed by atoms with Crippen molar-refractivity contribution in [2.75, 3.05) is 85.6 Å². The summed E-state index contributed by atoms with van der Waals surface area (Å²) in [7, 11) is 2.08. The van der Waals surface area contributed by atoms with E-state index in [0.29, 0.717) is 12.5 Å². The number of anilines is 4. The molecule has 4 amide bonds. The Morgan fingerprint density at radius 1 is 0.810 bits per heavy atom. The van der Waals surface area contributed by atoms with Crippen LogP contribution in [0, 0.1) is 5.92 Å². The first-order chi connectivity index (χ1) is 28.3. The molecule has 0 saturated carbocycles. The number of nitrogens with one attached hydrogen (secondary N) is 2. The highest BCUT2D eigenvalue weighted by Crippen LogP contribution is 2.43. The molecular formula is C45H47N9O3S. The lowest BCUT2D eigenvalue weighted by Crippen LogP contribution is -2.49. The number of rotatable bonds is 6. The number of fused-ring (bicyclic) bond motifs is 6. The van der Waals surface area contributed by atoms with Gasteiger partial charge in [0.25, 0.3) is 5.91 Å². The maximum Gasteiger partial charge on any atom is 0.328 e. The van der Waals surface area contributed by atoms with Gasteiger partial charge in [-0.2, -0.15) is 0 Å². The number of piperazine rings is 1. The zero-order valence-electron chi connectivity index (χ0n) is 32.9. The Labute approximate surface area is 341 Å². The Bertz CT molecular complexity index is 2590. The molecule has 3 aromatic heterocycles. The van der Waals surface area contributed by atoms with Crippen molar-refractivity contribution in [3.05, 3.63) is 84.0 Å². The minimum absolute atomic E-state index is 0.00455. The van der Waals surface area contributed by atoms with E-state index in [1.165, 1.54) is 5.69 Å². The molecule has 1 atom stereocenters. The van der Waals surface area contributed by atoms with E-state index in [1.807, 2.05) is 12.3 Å². The summed E-state index contributed by atoms with van der Waals surface area (Å²) >= 11 is 1.56. The molecule has 0 unspecified atom stereocenters. The van der Waals surface area contributed by atoms with Crippen LogP contribution in [0.1, 0.15) is 35.9 Å². The van der Waals surface area contributed by atoms with E-state index in [-0.39, 0.29) is 24.3 Å². The molecule has 3 saturated heterocycles. The van der Waals surface area contributed by atoms with Crippen molar-refractivity contribution in [3.8, 4) is 11.3 Å². The second-order valence-corrected chi connectivity index (χ2v) is 17.3. The number of carbonyl (C=O) groups excluding carboxylic acids is 3. The maximum absolute atomic E-state index is 13.1. The largest absolute Gasteiger partial charge is 0.371 e. The number of piperidine rings is 1. The maximum atomic E-state index is 13.1. The Morgan fingerprint density at radius 2 is 1.64 bits per heavy atom. The summed E-state index contributed by atoms with van der Waals surface area (Å²) in [6, 6.07) is 23.3. The van der Waals surface area contributed by atoms with Gasteiger partial charge in [-0.05, 0) is 68.1 Å². The third-order valence-electron chi connectivity index (χ3n) is 12.5. The van der Waals surface area contributed by atoms with Crippen molar-refractivity contribution < 1.29 is 14.4 Å². The predicted molar refractivity (Wildman–Crippen MR) is 234 cm³/mol. The van der Waals surface area contributed by atoms with Gasteiger partial charge in [-0.15, -0.1) is 11.3 Å².